The average Bonchev–Trinajstić information content (AvgIpc) is 2.81. The summed E-state index contributed by atoms with van der Waals surface area (Å²) in [5.74, 6) is 0.754. The highest BCUT2D eigenvalue weighted by molar-refractivity contribution is 5.75. The number of fused-ring (bicyclic) bond motifs is 1. The molecule has 1 aromatic carbocycles. The molecule has 3 rings (SSSR count). The van der Waals surface area contributed by atoms with Crippen molar-refractivity contribution in [2.75, 3.05) is 0 Å². The predicted molar refractivity (Wildman–Crippen MR) is 69.3 cm³/mol. The summed E-state index contributed by atoms with van der Waals surface area (Å²) in [6, 6.07) is 11.7. The van der Waals surface area contributed by atoms with E-state index in [0.717, 1.165) is 28.1 Å². The van der Waals surface area contributed by atoms with Gasteiger partial charge in [-0.25, -0.2) is 4.98 Å². The molecular formula is C13H13N5. The van der Waals surface area contributed by atoms with Gasteiger partial charge in [0.25, 0.3) is 0 Å². The SMILES string of the molecule is Cc1cc(CN)cc(-n2nnc3ccccc32)n1. The normalized spacial score (nSPS) is 11.0. The van der Waals surface area contributed by atoms with Crippen molar-refractivity contribution in [3.05, 3.63) is 47.7 Å². The number of benzene rings is 1. The Morgan fingerprint density at radius 2 is 2.06 bits per heavy atom. The second-order valence-electron chi connectivity index (χ2n) is 4.17. The molecule has 0 spiro atoms. The van der Waals surface area contributed by atoms with Crippen molar-refractivity contribution < 1.29 is 0 Å². The molecule has 18 heavy (non-hydrogen) atoms. The highest BCUT2D eigenvalue weighted by atomic mass is 15.4. The summed E-state index contributed by atoms with van der Waals surface area (Å²) in [6.07, 6.45) is 0. The third kappa shape index (κ3) is 1.74. The number of nitrogens with two attached hydrogens (primary N) is 1. The van der Waals surface area contributed by atoms with Crippen molar-refractivity contribution >= 4 is 11.0 Å². The first-order chi connectivity index (χ1) is 8.78. The van der Waals surface area contributed by atoms with Crippen molar-refractivity contribution in [2.45, 2.75) is 13.5 Å². The molecule has 2 heterocycles. The second kappa shape index (κ2) is 4.19. The molecule has 0 unspecified atom stereocenters. The Kier molecular flexibility index (Phi) is 2.53. The molecule has 2 N–H and O–H groups in total. The first-order valence-electron chi connectivity index (χ1n) is 5.76. The summed E-state index contributed by atoms with van der Waals surface area (Å²) < 4.78 is 1.74. The van der Waals surface area contributed by atoms with Crippen LogP contribution in [0.15, 0.2) is 36.4 Å². The molecule has 0 amide bonds. The summed E-state index contributed by atoms with van der Waals surface area (Å²) in [4.78, 5) is 4.48. The van der Waals surface area contributed by atoms with Crippen LogP contribution in [0.5, 0.6) is 0 Å². The van der Waals surface area contributed by atoms with Gasteiger partial charge in [-0.1, -0.05) is 17.3 Å². The number of hydrogen-bond acceptors (Lipinski definition) is 4. The first-order valence-corrected chi connectivity index (χ1v) is 5.76. The van der Waals surface area contributed by atoms with E-state index in [1.165, 1.54) is 0 Å². The van der Waals surface area contributed by atoms with Crippen LogP contribution in [-0.2, 0) is 6.54 Å². The maximum Gasteiger partial charge on any atom is 0.156 e. The highest BCUT2D eigenvalue weighted by Crippen LogP contribution is 2.16. The molecule has 2 aromatic heterocycles. The third-order valence-electron chi connectivity index (χ3n) is 2.80. The molecule has 90 valence electrons. The molecular weight excluding hydrogens is 226 g/mol. The van der Waals surface area contributed by atoms with Crippen molar-refractivity contribution in [2.24, 2.45) is 5.73 Å². The minimum absolute atomic E-state index is 0.489. The number of rotatable bonds is 2. The lowest BCUT2D eigenvalue weighted by atomic mass is 10.2. The van der Waals surface area contributed by atoms with Crippen LogP contribution in [0, 0.1) is 6.92 Å². The monoisotopic (exact) mass is 239 g/mol. The van der Waals surface area contributed by atoms with E-state index < -0.39 is 0 Å². The van der Waals surface area contributed by atoms with E-state index in [9.17, 15) is 0 Å². The molecule has 5 heteroatoms. The van der Waals surface area contributed by atoms with Crippen LogP contribution in [0.2, 0.25) is 0 Å². The largest absolute Gasteiger partial charge is 0.326 e. The van der Waals surface area contributed by atoms with Gasteiger partial charge in [0.15, 0.2) is 5.82 Å². The maximum atomic E-state index is 5.68. The van der Waals surface area contributed by atoms with Crippen LogP contribution in [0.1, 0.15) is 11.3 Å². The van der Waals surface area contributed by atoms with E-state index in [-0.39, 0.29) is 0 Å². The number of aromatic nitrogens is 4. The minimum Gasteiger partial charge on any atom is -0.326 e. The van der Waals surface area contributed by atoms with Gasteiger partial charge in [0.1, 0.15) is 5.52 Å². The van der Waals surface area contributed by atoms with Crippen molar-refractivity contribution in [3.8, 4) is 5.82 Å². The predicted octanol–water partition coefficient (Wildman–Crippen LogP) is 1.58. The molecule has 0 bridgehead atoms. The Bertz CT molecular complexity index is 701. The van der Waals surface area contributed by atoms with Gasteiger partial charge in [-0.05, 0) is 36.8 Å². The van der Waals surface area contributed by atoms with Gasteiger partial charge in [-0.3, -0.25) is 0 Å². The standard InChI is InChI=1S/C13H13N5/c1-9-6-10(8-14)7-13(15-9)18-12-5-3-2-4-11(12)16-17-18/h2-7H,8,14H2,1H3. The summed E-state index contributed by atoms with van der Waals surface area (Å²) in [5, 5.41) is 8.27. The van der Waals surface area contributed by atoms with Gasteiger partial charge < -0.3 is 5.73 Å². The van der Waals surface area contributed by atoms with E-state index in [0.29, 0.717) is 6.54 Å². The fraction of sp³-hybridized carbons (Fsp3) is 0.154. The lowest BCUT2D eigenvalue weighted by Gasteiger charge is -2.05. The number of hydrogen-bond donors (Lipinski definition) is 1. The van der Waals surface area contributed by atoms with E-state index in [1.54, 1.807) is 4.68 Å². The number of pyridine rings is 1. The molecule has 0 aliphatic heterocycles. The van der Waals surface area contributed by atoms with Crippen LogP contribution < -0.4 is 5.73 Å². The van der Waals surface area contributed by atoms with Gasteiger partial charge in [0.05, 0.1) is 5.52 Å². The average molecular weight is 239 g/mol. The Hall–Kier alpha value is -2.27. The zero-order chi connectivity index (χ0) is 12.5. The topological polar surface area (TPSA) is 69.6 Å². The lowest BCUT2D eigenvalue weighted by Crippen LogP contribution is -2.05. The molecule has 0 atom stereocenters. The maximum absolute atomic E-state index is 5.68. The quantitative estimate of drug-likeness (QED) is 0.737. The van der Waals surface area contributed by atoms with Gasteiger partial charge in [0.2, 0.25) is 0 Å². The summed E-state index contributed by atoms with van der Waals surface area (Å²) in [7, 11) is 0. The molecule has 0 radical (unpaired) electrons. The van der Waals surface area contributed by atoms with Crippen molar-refractivity contribution in [1.29, 1.82) is 0 Å². The van der Waals surface area contributed by atoms with E-state index in [1.807, 2.05) is 43.3 Å². The van der Waals surface area contributed by atoms with E-state index >= 15 is 0 Å². The molecule has 0 saturated carbocycles. The molecule has 0 aliphatic rings. The first kappa shape index (κ1) is 10.9. The molecule has 0 fully saturated rings. The molecule has 0 saturated heterocycles. The van der Waals surface area contributed by atoms with Crippen LogP contribution in [0.25, 0.3) is 16.9 Å². The minimum atomic E-state index is 0.489. The zero-order valence-electron chi connectivity index (χ0n) is 10.0. The fourth-order valence-corrected chi connectivity index (χ4v) is 1.99. The van der Waals surface area contributed by atoms with Crippen molar-refractivity contribution in [3.63, 3.8) is 0 Å². The van der Waals surface area contributed by atoms with E-state index in [2.05, 4.69) is 15.3 Å². The highest BCUT2D eigenvalue weighted by Gasteiger charge is 2.08. The van der Waals surface area contributed by atoms with Crippen LogP contribution in [0.3, 0.4) is 0 Å². The zero-order valence-corrected chi connectivity index (χ0v) is 10.0. The molecule has 0 aliphatic carbocycles. The number of aryl methyl sites for hydroxylation is 1. The van der Waals surface area contributed by atoms with Gasteiger partial charge in [-0.15, -0.1) is 5.10 Å². The lowest BCUT2D eigenvalue weighted by molar-refractivity contribution is 0.794. The Labute approximate surface area is 104 Å². The molecule has 5 nitrogen and oxygen atoms in total. The van der Waals surface area contributed by atoms with Crippen LogP contribution >= 0.6 is 0 Å². The smallest absolute Gasteiger partial charge is 0.156 e. The summed E-state index contributed by atoms with van der Waals surface area (Å²) in [6.45, 7) is 2.44. The number of nitrogens with zero attached hydrogens (tertiary/aromatic N) is 4. The molecule has 3 aromatic rings. The Morgan fingerprint density at radius 1 is 1.22 bits per heavy atom. The Balaban J connectivity index is 2.22. The van der Waals surface area contributed by atoms with Gasteiger partial charge in [0, 0.05) is 12.2 Å². The third-order valence-corrected chi connectivity index (χ3v) is 2.80. The Morgan fingerprint density at radius 3 is 2.89 bits per heavy atom. The van der Waals surface area contributed by atoms with Gasteiger partial charge >= 0.3 is 0 Å². The van der Waals surface area contributed by atoms with Gasteiger partial charge in [-0.2, -0.15) is 4.68 Å². The van der Waals surface area contributed by atoms with Crippen molar-refractivity contribution in [1.82, 2.24) is 20.0 Å². The summed E-state index contributed by atoms with van der Waals surface area (Å²) >= 11 is 0. The van der Waals surface area contributed by atoms with E-state index in [4.69, 9.17) is 5.73 Å². The second-order valence-corrected chi connectivity index (χ2v) is 4.17. The number of para-hydroxylation sites is 1. The summed E-state index contributed by atoms with van der Waals surface area (Å²) in [5.41, 5.74) is 9.44. The fourth-order valence-electron chi connectivity index (χ4n) is 1.99. The van der Waals surface area contributed by atoms with Crippen LogP contribution in [0.4, 0.5) is 0 Å². The van der Waals surface area contributed by atoms with Crippen LogP contribution in [-0.4, -0.2) is 20.0 Å².